The highest BCUT2D eigenvalue weighted by molar-refractivity contribution is 14.0. The van der Waals surface area contributed by atoms with Gasteiger partial charge in [-0.3, -0.25) is 4.99 Å². The van der Waals surface area contributed by atoms with Crippen molar-refractivity contribution in [3.8, 4) is 11.5 Å². The van der Waals surface area contributed by atoms with Crippen LogP contribution >= 0.6 is 24.0 Å². The molecule has 2 aromatic carbocycles. The van der Waals surface area contributed by atoms with E-state index in [0.29, 0.717) is 32.9 Å². The van der Waals surface area contributed by atoms with Crippen LogP contribution in [0, 0.1) is 0 Å². The minimum absolute atomic E-state index is 0. The van der Waals surface area contributed by atoms with Crippen molar-refractivity contribution in [1.82, 2.24) is 10.6 Å². The maximum absolute atomic E-state index is 5.65. The molecule has 0 bridgehead atoms. The molecular formula is C20H28IN3O3. The van der Waals surface area contributed by atoms with Gasteiger partial charge in [0.05, 0.1) is 13.2 Å². The number of hydrogen-bond donors (Lipinski definition) is 2. The molecule has 0 spiro atoms. The summed E-state index contributed by atoms with van der Waals surface area (Å²) in [4.78, 5) is 4.22. The minimum Gasteiger partial charge on any atom is -0.492 e. The van der Waals surface area contributed by atoms with Crippen LogP contribution in [0.3, 0.4) is 0 Å². The van der Waals surface area contributed by atoms with E-state index < -0.39 is 0 Å². The van der Waals surface area contributed by atoms with Crippen molar-refractivity contribution in [3.05, 3.63) is 60.2 Å². The molecule has 148 valence electrons. The van der Waals surface area contributed by atoms with E-state index in [1.54, 1.807) is 14.2 Å². The number of halogens is 1. The fraction of sp³-hybridized carbons (Fsp3) is 0.350. The summed E-state index contributed by atoms with van der Waals surface area (Å²) < 4.78 is 16.2. The van der Waals surface area contributed by atoms with Gasteiger partial charge in [0.2, 0.25) is 0 Å². The molecule has 2 rings (SSSR count). The average molecular weight is 485 g/mol. The zero-order valence-electron chi connectivity index (χ0n) is 15.8. The number of hydrogen-bond acceptors (Lipinski definition) is 4. The summed E-state index contributed by atoms with van der Waals surface area (Å²) in [6.07, 6.45) is 0. The van der Waals surface area contributed by atoms with Crippen molar-refractivity contribution in [3.63, 3.8) is 0 Å². The monoisotopic (exact) mass is 485 g/mol. The van der Waals surface area contributed by atoms with Crippen LogP contribution in [0.15, 0.2) is 59.6 Å². The van der Waals surface area contributed by atoms with Crippen LogP contribution in [0.25, 0.3) is 0 Å². The van der Waals surface area contributed by atoms with Crippen LogP contribution in [-0.2, 0) is 11.3 Å². The Morgan fingerprint density at radius 1 is 0.852 bits per heavy atom. The van der Waals surface area contributed by atoms with Gasteiger partial charge in [-0.25, -0.2) is 0 Å². The topological polar surface area (TPSA) is 64.1 Å². The molecule has 0 aliphatic carbocycles. The molecule has 0 radical (unpaired) electrons. The Bertz CT molecular complexity index is 651. The number of benzene rings is 2. The first-order chi connectivity index (χ1) is 12.8. The zero-order chi connectivity index (χ0) is 18.5. The smallest absolute Gasteiger partial charge is 0.191 e. The second kappa shape index (κ2) is 14.1. The highest BCUT2D eigenvalue weighted by Gasteiger charge is 2.00. The van der Waals surface area contributed by atoms with Gasteiger partial charge < -0.3 is 24.8 Å². The molecule has 0 saturated carbocycles. The number of methoxy groups -OCH3 is 1. The molecule has 0 unspecified atom stereocenters. The number of aliphatic imine (C=N–C) groups is 1. The Hall–Kier alpha value is -2.00. The second-order valence-corrected chi connectivity index (χ2v) is 5.50. The minimum atomic E-state index is 0. The van der Waals surface area contributed by atoms with E-state index in [0.717, 1.165) is 23.0 Å². The predicted molar refractivity (Wildman–Crippen MR) is 119 cm³/mol. The van der Waals surface area contributed by atoms with E-state index in [2.05, 4.69) is 15.6 Å². The Kier molecular flexibility index (Phi) is 12.0. The van der Waals surface area contributed by atoms with Gasteiger partial charge in [0, 0.05) is 20.7 Å². The summed E-state index contributed by atoms with van der Waals surface area (Å²) in [5.74, 6) is 2.44. The normalized spacial score (nSPS) is 10.7. The van der Waals surface area contributed by atoms with E-state index in [9.17, 15) is 0 Å². The second-order valence-electron chi connectivity index (χ2n) is 5.50. The molecule has 0 aliphatic rings. The van der Waals surface area contributed by atoms with Crippen molar-refractivity contribution in [2.24, 2.45) is 4.99 Å². The number of nitrogens with zero attached hydrogens (tertiary/aromatic N) is 1. The highest BCUT2D eigenvalue weighted by atomic mass is 127. The number of para-hydroxylation sites is 1. The van der Waals surface area contributed by atoms with Gasteiger partial charge >= 0.3 is 0 Å². The molecule has 0 heterocycles. The number of nitrogens with one attached hydrogen (secondary N) is 2. The van der Waals surface area contributed by atoms with Crippen LogP contribution in [-0.4, -0.2) is 46.5 Å². The summed E-state index contributed by atoms with van der Waals surface area (Å²) >= 11 is 0. The average Bonchev–Trinajstić information content (AvgIpc) is 2.69. The maximum Gasteiger partial charge on any atom is 0.191 e. The molecule has 0 saturated heterocycles. The first kappa shape index (κ1) is 23.0. The van der Waals surface area contributed by atoms with E-state index in [-0.39, 0.29) is 24.0 Å². The first-order valence-corrected chi connectivity index (χ1v) is 8.65. The number of guanidine groups is 1. The molecular weight excluding hydrogens is 457 g/mol. The summed E-state index contributed by atoms with van der Waals surface area (Å²) in [6.45, 7) is 3.05. The van der Waals surface area contributed by atoms with Crippen LogP contribution in [0.4, 0.5) is 0 Å². The van der Waals surface area contributed by atoms with Gasteiger partial charge in [0.1, 0.15) is 24.7 Å². The molecule has 27 heavy (non-hydrogen) atoms. The van der Waals surface area contributed by atoms with Crippen LogP contribution in [0.2, 0.25) is 0 Å². The SMILES string of the molecule is CN=C(NCCOc1ccccc1)NCc1ccc(OCCOC)cc1.I. The molecule has 0 aliphatic heterocycles. The molecule has 2 aromatic rings. The standard InChI is InChI=1S/C20H27N3O3.HI/c1-21-20(22-12-13-25-18-6-4-3-5-7-18)23-16-17-8-10-19(11-9-17)26-15-14-24-2;/h3-11H,12-16H2,1-2H3,(H2,21,22,23);1H. The fourth-order valence-corrected chi connectivity index (χ4v) is 2.21. The lowest BCUT2D eigenvalue weighted by Crippen LogP contribution is -2.38. The highest BCUT2D eigenvalue weighted by Crippen LogP contribution is 2.12. The Morgan fingerprint density at radius 2 is 1.52 bits per heavy atom. The summed E-state index contributed by atoms with van der Waals surface area (Å²) in [5, 5.41) is 6.51. The van der Waals surface area contributed by atoms with E-state index in [4.69, 9.17) is 14.2 Å². The number of rotatable bonds is 10. The van der Waals surface area contributed by atoms with Crippen molar-refractivity contribution < 1.29 is 14.2 Å². The van der Waals surface area contributed by atoms with Crippen molar-refractivity contribution in [1.29, 1.82) is 0 Å². The summed E-state index contributed by atoms with van der Waals surface area (Å²) in [6, 6.07) is 17.7. The van der Waals surface area contributed by atoms with Gasteiger partial charge in [0.15, 0.2) is 5.96 Å². The Morgan fingerprint density at radius 3 is 2.19 bits per heavy atom. The third-order valence-electron chi connectivity index (χ3n) is 3.57. The van der Waals surface area contributed by atoms with Gasteiger partial charge in [-0.15, -0.1) is 24.0 Å². The lowest BCUT2D eigenvalue weighted by Gasteiger charge is -2.13. The molecule has 0 aromatic heterocycles. The van der Waals surface area contributed by atoms with Gasteiger partial charge in [-0.05, 0) is 29.8 Å². The third-order valence-corrected chi connectivity index (χ3v) is 3.57. The fourth-order valence-electron chi connectivity index (χ4n) is 2.21. The van der Waals surface area contributed by atoms with E-state index >= 15 is 0 Å². The lowest BCUT2D eigenvalue weighted by atomic mass is 10.2. The predicted octanol–water partition coefficient (Wildman–Crippen LogP) is 3.07. The third kappa shape index (κ3) is 9.48. The molecule has 0 fully saturated rings. The van der Waals surface area contributed by atoms with E-state index in [1.165, 1.54) is 0 Å². The molecule has 2 N–H and O–H groups in total. The van der Waals surface area contributed by atoms with Gasteiger partial charge in [-0.2, -0.15) is 0 Å². The molecule has 0 atom stereocenters. The van der Waals surface area contributed by atoms with Crippen molar-refractivity contribution in [2.45, 2.75) is 6.54 Å². The van der Waals surface area contributed by atoms with Gasteiger partial charge in [-0.1, -0.05) is 30.3 Å². The van der Waals surface area contributed by atoms with Crippen molar-refractivity contribution >= 4 is 29.9 Å². The molecule has 0 amide bonds. The van der Waals surface area contributed by atoms with Gasteiger partial charge in [0.25, 0.3) is 0 Å². The summed E-state index contributed by atoms with van der Waals surface area (Å²) in [5.41, 5.74) is 1.15. The number of ether oxygens (including phenoxy) is 3. The van der Waals surface area contributed by atoms with Crippen molar-refractivity contribution in [2.75, 3.05) is 40.5 Å². The largest absolute Gasteiger partial charge is 0.492 e. The van der Waals surface area contributed by atoms with Crippen LogP contribution in [0.5, 0.6) is 11.5 Å². The van der Waals surface area contributed by atoms with E-state index in [1.807, 2.05) is 54.6 Å². The summed E-state index contributed by atoms with van der Waals surface area (Å²) in [7, 11) is 3.41. The molecule has 6 nitrogen and oxygen atoms in total. The van der Waals surface area contributed by atoms with Crippen LogP contribution in [0.1, 0.15) is 5.56 Å². The first-order valence-electron chi connectivity index (χ1n) is 8.65. The Labute approximate surface area is 178 Å². The molecule has 7 heteroatoms. The quantitative estimate of drug-likeness (QED) is 0.235. The lowest BCUT2D eigenvalue weighted by molar-refractivity contribution is 0.146. The maximum atomic E-state index is 5.65. The van der Waals surface area contributed by atoms with Crippen LogP contribution < -0.4 is 20.1 Å². The zero-order valence-corrected chi connectivity index (χ0v) is 18.1. The Balaban J connectivity index is 0.00000364.